The van der Waals surface area contributed by atoms with Crippen LogP contribution in [0.25, 0.3) is 88.9 Å². The third-order valence-corrected chi connectivity index (χ3v) is 10.2. The number of para-hydroxylation sites is 2. The quantitative estimate of drug-likeness (QED) is 0.0992. The first-order valence-corrected chi connectivity index (χ1v) is 17.6. The zero-order valence-electron chi connectivity index (χ0n) is 29.2. The topological polar surface area (TPSA) is 85.2 Å². The summed E-state index contributed by atoms with van der Waals surface area (Å²) in [5.74, 6) is -9.78. The van der Waals surface area contributed by atoms with Crippen LogP contribution in [0.3, 0.4) is 0 Å². The second-order valence-electron chi connectivity index (χ2n) is 13.3. The van der Waals surface area contributed by atoms with Gasteiger partial charge in [-0.05, 0) is 48.5 Å². The minimum absolute atomic E-state index is 0.0157. The second-order valence-corrected chi connectivity index (χ2v) is 13.3. The maximum absolute atomic E-state index is 16.5. The first kappa shape index (κ1) is 33.8. The van der Waals surface area contributed by atoms with E-state index in [0.717, 1.165) is 10.8 Å². The van der Waals surface area contributed by atoms with Gasteiger partial charge < -0.3 is 9.13 Å². The molecule has 272 valence electrons. The van der Waals surface area contributed by atoms with E-state index in [9.17, 15) is 9.65 Å². The van der Waals surface area contributed by atoms with Gasteiger partial charge in [-0.25, -0.2) is 41.9 Å². The van der Waals surface area contributed by atoms with E-state index in [1.807, 2.05) is 48.5 Å². The lowest BCUT2D eigenvalue weighted by Crippen LogP contribution is -2.10. The molecular formula is C45H22F5N7. The van der Waals surface area contributed by atoms with E-state index in [1.54, 1.807) is 82.5 Å². The van der Waals surface area contributed by atoms with E-state index in [0.29, 0.717) is 55.6 Å². The van der Waals surface area contributed by atoms with Gasteiger partial charge >= 0.3 is 0 Å². The van der Waals surface area contributed by atoms with Crippen molar-refractivity contribution in [1.29, 1.82) is 5.26 Å². The number of rotatable bonds is 5. The Hall–Kier alpha value is -7.78. The Bertz CT molecular complexity index is 3110. The molecule has 12 heteroatoms. The van der Waals surface area contributed by atoms with Crippen LogP contribution in [-0.4, -0.2) is 29.1 Å². The molecule has 0 bridgehead atoms. The highest BCUT2D eigenvalue weighted by molar-refractivity contribution is 6.13. The minimum Gasteiger partial charge on any atom is -0.308 e. The maximum atomic E-state index is 16.5. The normalized spacial score (nSPS) is 11.6. The van der Waals surface area contributed by atoms with Crippen LogP contribution < -0.4 is 0 Å². The van der Waals surface area contributed by atoms with Gasteiger partial charge in [0.2, 0.25) is 5.82 Å². The largest absolute Gasteiger partial charge is 0.308 e. The van der Waals surface area contributed by atoms with Gasteiger partial charge in [-0.3, -0.25) is 0 Å². The molecule has 0 aliphatic carbocycles. The summed E-state index contributed by atoms with van der Waals surface area (Å²) in [7, 11) is 0. The molecule has 10 rings (SSSR count). The van der Waals surface area contributed by atoms with Crippen molar-refractivity contribution >= 4 is 43.6 Å². The van der Waals surface area contributed by atoms with Crippen LogP contribution >= 0.6 is 0 Å². The lowest BCUT2D eigenvalue weighted by Gasteiger charge is -2.22. The van der Waals surface area contributed by atoms with E-state index in [2.05, 4.69) is 26.0 Å². The van der Waals surface area contributed by atoms with E-state index in [4.69, 9.17) is 0 Å². The van der Waals surface area contributed by atoms with Gasteiger partial charge in [-0.1, -0.05) is 60.7 Å². The van der Waals surface area contributed by atoms with Crippen molar-refractivity contribution in [2.45, 2.75) is 0 Å². The van der Waals surface area contributed by atoms with Crippen LogP contribution in [0.2, 0.25) is 0 Å². The van der Waals surface area contributed by atoms with Crippen LogP contribution in [0.1, 0.15) is 5.56 Å². The Morgan fingerprint density at radius 2 is 0.825 bits per heavy atom. The van der Waals surface area contributed by atoms with Gasteiger partial charge in [-0.2, -0.15) is 5.26 Å². The Kier molecular flexibility index (Phi) is 7.65. The second kappa shape index (κ2) is 12.9. The molecule has 7 nitrogen and oxygen atoms in total. The molecule has 0 unspecified atom stereocenters. The summed E-state index contributed by atoms with van der Waals surface area (Å²) < 4.78 is 82.0. The molecule has 0 N–H and O–H groups in total. The Balaban J connectivity index is 1.42. The number of nitriles is 1. The SMILES string of the molecule is N#Cc1cc(-n2c3ccccc3c3ccc(-c4ncccn4)cc32)c(-c2c(F)c(F)c(F)c(F)c2F)c(-n2c3ccccc3c3ccc(-c4ncccn4)cc32)c1. The minimum atomic E-state index is -2.29. The fourth-order valence-corrected chi connectivity index (χ4v) is 7.74. The number of halogens is 5. The molecule has 0 saturated heterocycles. The van der Waals surface area contributed by atoms with Gasteiger partial charge in [0.05, 0.1) is 50.6 Å². The summed E-state index contributed by atoms with van der Waals surface area (Å²) in [6, 6.07) is 33.8. The van der Waals surface area contributed by atoms with Crippen molar-refractivity contribution in [1.82, 2.24) is 29.1 Å². The number of benzene rings is 6. The monoisotopic (exact) mass is 755 g/mol. The number of fused-ring (bicyclic) bond motifs is 6. The molecule has 0 spiro atoms. The van der Waals surface area contributed by atoms with Gasteiger partial charge in [0.15, 0.2) is 34.9 Å². The van der Waals surface area contributed by atoms with Crippen molar-refractivity contribution in [2.24, 2.45) is 0 Å². The molecule has 0 aliphatic rings. The fourth-order valence-electron chi connectivity index (χ4n) is 7.74. The molecule has 10 aromatic rings. The highest BCUT2D eigenvalue weighted by Gasteiger charge is 2.32. The van der Waals surface area contributed by atoms with Crippen LogP contribution in [0.15, 0.2) is 134 Å². The van der Waals surface area contributed by atoms with Gasteiger partial charge in [0, 0.05) is 63.0 Å². The molecule has 4 heterocycles. The maximum Gasteiger partial charge on any atom is 0.200 e. The predicted molar refractivity (Wildman–Crippen MR) is 207 cm³/mol. The number of aromatic nitrogens is 6. The van der Waals surface area contributed by atoms with Crippen molar-refractivity contribution in [3.05, 3.63) is 169 Å². The number of hydrogen-bond donors (Lipinski definition) is 0. The molecule has 0 aliphatic heterocycles. The van der Waals surface area contributed by atoms with Crippen molar-refractivity contribution < 1.29 is 22.0 Å². The molecule has 0 saturated carbocycles. The highest BCUT2D eigenvalue weighted by atomic mass is 19.2. The van der Waals surface area contributed by atoms with Crippen molar-refractivity contribution in [2.75, 3.05) is 0 Å². The molecule has 0 radical (unpaired) electrons. The first-order valence-electron chi connectivity index (χ1n) is 17.6. The standard InChI is InChI=1S/C45H22F5N7/c46-39-38(40(47)42(49)43(50)41(39)48)37-35(56-31-9-3-1-7-27(31)29-13-11-25(21-33(29)56)44-52-15-5-16-53-44)19-24(23-51)20-36(37)57-32-10-4-2-8-28(32)30-14-12-26(22-34(30)57)45-54-17-6-18-55-45/h1-22H. The van der Waals surface area contributed by atoms with Crippen LogP contribution in [0.4, 0.5) is 22.0 Å². The summed E-state index contributed by atoms with van der Waals surface area (Å²) >= 11 is 0. The smallest absolute Gasteiger partial charge is 0.200 e. The Labute approximate surface area is 319 Å². The van der Waals surface area contributed by atoms with Crippen molar-refractivity contribution in [3.8, 4) is 51.3 Å². The van der Waals surface area contributed by atoms with E-state index < -0.39 is 34.6 Å². The van der Waals surface area contributed by atoms with E-state index in [-0.39, 0.29) is 22.5 Å². The Morgan fingerprint density at radius 3 is 1.26 bits per heavy atom. The fraction of sp³-hybridized carbons (Fsp3) is 0. The van der Waals surface area contributed by atoms with E-state index in [1.165, 1.54) is 12.1 Å². The van der Waals surface area contributed by atoms with Gasteiger partial charge in [-0.15, -0.1) is 0 Å². The lowest BCUT2D eigenvalue weighted by molar-refractivity contribution is 0.381. The molecule has 0 amide bonds. The summed E-state index contributed by atoms with van der Waals surface area (Å²) in [5.41, 5.74) is 1.77. The summed E-state index contributed by atoms with van der Waals surface area (Å²) in [6.07, 6.45) is 6.36. The average Bonchev–Trinajstić information content (AvgIpc) is 3.77. The molecule has 0 atom stereocenters. The summed E-state index contributed by atoms with van der Waals surface area (Å²) in [5, 5.41) is 13.5. The van der Waals surface area contributed by atoms with Crippen molar-refractivity contribution in [3.63, 3.8) is 0 Å². The number of nitrogens with zero attached hydrogens (tertiary/aromatic N) is 7. The molecule has 57 heavy (non-hydrogen) atoms. The average molecular weight is 756 g/mol. The van der Waals surface area contributed by atoms with Crippen LogP contribution in [0.5, 0.6) is 0 Å². The lowest BCUT2D eigenvalue weighted by atomic mass is 9.96. The number of hydrogen-bond acceptors (Lipinski definition) is 5. The van der Waals surface area contributed by atoms with Crippen LogP contribution in [0, 0.1) is 40.4 Å². The zero-order chi connectivity index (χ0) is 38.9. The third-order valence-electron chi connectivity index (χ3n) is 10.2. The predicted octanol–water partition coefficient (Wildman–Crippen LogP) is 11.0. The van der Waals surface area contributed by atoms with Crippen LogP contribution in [-0.2, 0) is 0 Å². The third kappa shape index (κ3) is 5.09. The zero-order valence-corrected chi connectivity index (χ0v) is 29.2. The van der Waals surface area contributed by atoms with Gasteiger partial charge in [0.25, 0.3) is 0 Å². The van der Waals surface area contributed by atoms with Gasteiger partial charge in [0.1, 0.15) is 0 Å². The highest BCUT2D eigenvalue weighted by Crippen LogP contribution is 2.46. The molecule has 4 aromatic heterocycles. The summed E-state index contributed by atoms with van der Waals surface area (Å²) in [6.45, 7) is 0. The molecule has 6 aromatic carbocycles. The van der Waals surface area contributed by atoms with E-state index >= 15 is 17.6 Å². The molecular weight excluding hydrogens is 734 g/mol. The first-order chi connectivity index (χ1) is 27.8. The summed E-state index contributed by atoms with van der Waals surface area (Å²) in [4.78, 5) is 17.6. The Morgan fingerprint density at radius 1 is 0.421 bits per heavy atom. The molecule has 0 fully saturated rings.